The number of rotatable bonds is 4. The molecule has 0 aliphatic carbocycles. The number of hydrogen-bond donors (Lipinski definition) is 2. The molecule has 0 saturated carbocycles. The maximum atomic E-state index is 12.2. The maximum Gasteiger partial charge on any atom is 0.271 e. The second-order valence-electron chi connectivity index (χ2n) is 4.96. The van der Waals surface area contributed by atoms with Crippen LogP contribution in [0.3, 0.4) is 0 Å². The van der Waals surface area contributed by atoms with Crippen molar-refractivity contribution in [2.75, 3.05) is 20.2 Å². The van der Waals surface area contributed by atoms with Gasteiger partial charge in [0.2, 0.25) is 0 Å². The molecule has 1 fully saturated rings. The number of thiazole rings is 1. The summed E-state index contributed by atoms with van der Waals surface area (Å²) in [5.41, 5.74) is 0.408. The Kier molecular flexibility index (Phi) is 4.05. The fraction of sp³-hybridized carbons (Fsp3) is 0.429. The number of hydrogen-bond acceptors (Lipinski definition) is 6. The Bertz CT molecular complexity index is 637. The Labute approximate surface area is 126 Å². The van der Waals surface area contributed by atoms with E-state index in [0.717, 1.165) is 12.3 Å². The summed E-state index contributed by atoms with van der Waals surface area (Å²) in [6.07, 6.45) is -0.000204. The van der Waals surface area contributed by atoms with E-state index < -0.39 is 0 Å². The van der Waals surface area contributed by atoms with E-state index in [1.165, 1.54) is 11.3 Å². The van der Waals surface area contributed by atoms with Crippen molar-refractivity contribution in [2.24, 2.45) is 0 Å². The zero-order valence-corrected chi connectivity index (χ0v) is 12.7. The molecule has 1 amide bonds. The van der Waals surface area contributed by atoms with Gasteiger partial charge in [-0.15, -0.1) is 11.3 Å². The highest BCUT2D eigenvalue weighted by molar-refractivity contribution is 7.13. The molecular weight excluding hydrogens is 290 g/mol. The summed E-state index contributed by atoms with van der Waals surface area (Å²) in [5, 5.41) is 8.60. The zero-order chi connectivity index (χ0) is 14.8. The lowest BCUT2D eigenvalue weighted by atomic mass is 10.2. The van der Waals surface area contributed by atoms with Crippen LogP contribution < -0.4 is 10.6 Å². The SMILES string of the molecule is CO[C@H]1CNC[C@@H]1NC(=O)c1csc(-c2ccc(C)o2)n1. The first kappa shape index (κ1) is 14.2. The third-order valence-electron chi connectivity index (χ3n) is 3.47. The Hall–Kier alpha value is -1.70. The normalized spacial score (nSPS) is 21.6. The quantitative estimate of drug-likeness (QED) is 0.893. The lowest BCUT2D eigenvalue weighted by molar-refractivity contribution is 0.0777. The first-order chi connectivity index (χ1) is 10.2. The minimum atomic E-state index is -0.184. The molecular formula is C14H17N3O3S. The van der Waals surface area contributed by atoms with Crippen molar-refractivity contribution in [3.8, 4) is 10.8 Å². The highest BCUT2D eigenvalue weighted by Crippen LogP contribution is 2.25. The number of nitrogens with one attached hydrogen (secondary N) is 2. The van der Waals surface area contributed by atoms with Crippen LogP contribution in [0.15, 0.2) is 21.9 Å². The highest BCUT2D eigenvalue weighted by Gasteiger charge is 2.29. The Morgan fingerprint density at radius 1 is 1.52 bits per heavy atom. The van der Waals surface area contributed by atoms with Crippen molar-refractivity contribution >= 4 is 17.2 Å². The molecule has 2 aromatic heterocycles. The zero-order valence-electron chi connectivity index (χ0n) is 11.9. The van der Waals surface area contributed by atoms with Crippen molar-refractivity contribution < 1.29 is 13.9 Å². The van der Waals surface area contributed by atoms with Crippen molar-refractivity contribution in [1.29, 1.82) is 0 Å². The number of carbonyl (C=O) groups excluding carboxylic acids is 1. The van der Waals surface area contributed by atoms with E-state index in [1.54, 1.807) is 12.5 Å². The molecule has 0 spiro atoms. The van der Waals surface area contributed by atoms with Crippen LogP contribution in [0.25, 0.3) is 10.8 Å². The van der Waals surface area contributed by atoms with E-state index in [9.17, 15) is 4.79 Å². The molecule has 1 saturated heterocycles. The van der Waals surface area contributed by atoms with Crippen LogP contribution in [0.2, 0.25) is 0 Å². The molecule has 1 aliphatic heterocycles. The molecule has 2 atom stereocenters. The summed E-state index contributed by atoms with van der Waals surface area (Å²) >= 11 is 1.40. The van der Waals surface area contributed by atoms with Crippen LogP contribution in [0, 0.1) is 6.92 Å². The largest absolute Gasteiger partial charge is 0.459 e. The molecule has 112 valence electrons. The van der Waals surface area contributed by atoms with E-state index in [-0.39, 0.29) is 18.1 Å². The summed E-state index contributed by atoms with van der Waals surface area (Å²) in [7, 11) is 1.65. The topological polar surface area (TPSA) is 76.4 Å². The second-order valence-corrected chi connectivity index (χ2v) is 5.82. The van der Waals surface area contributed by atoms with E-state index >= 15 is 0 Å². The molecule has 2 N–H and O–H groups in total. The van der Waals surface area contributed by atoms with E-state index in [1.807, 2.05) is 19.1 Å². The van der Waals surface area contributed by atoms with Gasteiger partial charge in [-0.2, -0.15) is 0 Å². The van der Waals surface area contributed by atoms with Crippen LogP contribution in [0.4, 0.5) is 0 Å². The van der Waals surface area contributed by atoms with Gasteiger partial charge in [0.05, 0.1) is 12.1 Å². The molecule has 0 unspecified atom stereocenters. The smallest absolute Gasteiger partial charge is 0.271 e. The number of amides is 1. The van der Waals surface area contributed by atoms with E-state index in [0.29, 0.717) is 23.0 Å². The average Bonchev–Trinajstić information content (AvgIpc) is 3.17. The highest BCUT2D eigenvalue weighted by atomic mass is 32.1. The lowest BCUT2D eigenvalue weighted by Gasteiger charge is -2.17. The standard InChI is InChI=1S/C14H17N3O3S/c1-8-3-4-11(20-8)14-17-10(7-21-14)13(18)16-9-5-15-6-12(9)19-2/h3-4,7,9,12,15H,5-6H2,1-2H3,(H,16,18)/t9-,12-/m0/s1. The number of nitrogens with zero attached hydrogens (tertiary/aromatic N) is 1. The Morgan fingerprint density at radius 3 is 3.10 bits per heavy atom. The number of carbonyl (C=O) groups is 1. The van der Waals surface area contributed by atoms with Gasteiger partial charge in [0.15, 0.2) is 10.8 Å². The molecule has 21 heavy (non-hydrogen) atoms. The Morgan fingerprint density at radius 2 is 2.38 bits per heavy atom. The van der Waals surface area contributed by atoms with Crippen molar-refractivity contribution in [1.82, 2.24) is 15.6 Å². The van der Waals surface area contributed by atoms with Gasteiger partial charge in [-0.1, -0.05) is 0 Å². The van der Waals surface area contributed by atoms with Crippen LogP contribution in [0.1, 0.15) is 16.2 Å². The van der Waals surface area contributed by atoms with Gasteiger partial charge < -0.3 is 19.8 Å². The fourth-order valence-electron chi connectivity index (χ4n) is 2.33. The van der Waals surface area contributed by atoms with Gasteiger partial charge in [0.1, 0.15) is 11.5 Å². The molecule has 2 aromatic rings. The number of aromatic nitrogens is 1. The maximum absolute atomic E-state index is 12.2. The fourth-order valence-corrected chi connectivity index (χ4v) is 3.09. The van der Waals surface area contributed by atoms with Gasteiger partial charge in [-0.25, -0.2) is 4.98 Å². The second kappa shape index (κ2) is 5.97. The third-order valence-corrected chi connectivity index (χ3v) is 4.32. The minimum Gasteiger partial charge on any atom is -0.459 e. The van der Waals surface area contributed by atoms with Gasteiger partial charge in [-0.3, -0.25) is 4.79 Å². The number of methoxy groups -OCH3 is 1. The number of aryl methyl sites for hydroxylation is 1. The van der Waals surface area contributed by atoms with Gasteiger partial charge in [-0.05, 0) is 19.1 Å². The summed E-state index contributed by atoms with van der Waals surface area (Å²) in [5.74, 6) is 1.33. The van der Waals surface area contributed by atoms with E-state index in [2.05, 4.69) is 15.6 Å². The molecule has 1 aliphatic rings. The molecule has 0 bridgehead atoms. The molecule has 0 aromatic carbocycles. The Balaban J connectivity index is 1.69. The molecule has 0 radical (unpaired) electrons. The van der Waals surface area contributed by atoms with Crippen LogP contribution in [-0.4, -0.2) is 43.2 Å². The van der Waals surface area contributed by atoms with Crippen LogP contribution >= 0.6 is 11.3 Å². The third kappa shape index (κ3) is 2.99. The van der Waals surface area contributed by atoms with Gasteiger partial charge >= 0.3 is 0 Å². The van der Waals surface area contributed by atoms with Gasteiger partial charge in [0.25, 0.3) is 5.91 Å². The summed E-state index contributed by atoms with van der Waals surface area (Å²) in [6, 6.07) is 3.71. The first-order valence-corrected chi connectivity index (χ1v) is 7.62. The number of furan rings is 1. The van der Waals surface area contributed by atoms with Crippen LogP contribution in [-0.2, 0) is 4.74 Å². The van der Waals surface area contributed by atoms with Crippen LogP contribution in [0.5, 0.6) is 0 Å². The van der Waals surface area contributed by atoms with E-state index in [4.69, 9.17) is 9.15 Å². The predicted octanol–water partition coefficient (Wildman–Crippen LogP) is 1.43. The van der Waals surface area contributed by atoms with Gasteiger partial charge in [0, 0.05) is 25.6 Å². The monoisotopic (exact) mass is 307 g/mol. The summed E-state index contributed by atoms with van der Waals surface area (Å²) in [6.45, 7) is 3.33. The summed E-state index contributed by atoms with van der Waals surface area (Å²) < 4.78 is 10.8. The molecule has 7 heteroatoms. The molecule has 6 nitrogen and oxygen atoms in total. The molecule has 3 heterocycles. The van der Waals surface area contributed by atoms with Crippen molar-refractivity contribution in [3.63, 3.8) is 0 Å². The van der Waals surface area contributed by atoms with Crippen molar-refractivity contribution in [2.45, 2.75) is 19.1 Å². The minimum absolute atomic E-state index is 0.000204. The average molecular weight is 307 g/mol. The summed E-state index contributed by atoms with van der Waals surface area (Å²) in [4.78, 5) is 16.6. The predicted molar refractivity (Wildman–Crippen MR) is 79.5 cm³/mol. The molecule has 3 rings (SSSR count). The lowest BCUT2D eigenvalue weighted by Crippen LogP contribution is -2.43. The number of ether oxygens (including phenoxy) is 1. The first-order valence-electron chi connectivity index (χ1n) is 6.74. The van der Waals surface area contributed by atoms with Crippen molar-refractivity contribution in [3.05, 3.63) is 29.0 Å².